The van der Waals surface area contributed by atoms with Gasteiger partial charge in [0.05, 0.1) is 6.54 Å². The second kappa shape index (κ2) is 6.21. The van der Waals surface area contributed by atoms with Crippen molar-refractivity contribution in [1.82, 2.24) is 4.90 Å². The lowest BCUT2D eigenvalue weighted by Gasteiger charge is -2.16. The first-order valence-corrected chi connectivity index (χ1v) is 6.49. The Balaban J connectivity index is 2.20. The van der Waals surface area contributed by atoms with Gasteiger partial charge >= 0.3 is 0 Å². The van der Waals surface area contributed by atoms with Crippen molar-refractivity contribution in [3.05, 3.63) is 54.1 Å². The maximum atomic E-state index is 11.5. The molecule has 4 nitrogen and oxygen atoms in total. The number of hydrogen-bond acceptors (Lipinski definition) is 3. The third-order valence-corrected chi connectivity index (χ3v) is 3.19. The molecule has 4 N–H and O–H groups in total. The number of benzene rings is 2. The Labute approximate surface area is 119 Å². The summed E-state index contributed by atoms with van der Waals surface area (Å²) < 4.78 is 0. The number of nitrogens with zero attached hydrogens (tertiary/aromatic N) is 1. The van der Waals surface area contributed by atoms with Crippen LogP contribution in [0.25, 0.3) is 11.1 Å². The van der Waals surface area contributed by atoms with Crippen molar-refractivity contribution >= 4 is 11.6 Å². The molecule has 0 aliphatic heterocycles. The highest BCUT2D eigenvalue weighted by Crippen LogP contribution is 2.22. The molecule has 0 radical (unpaired) electrons. The van der Waals surface area contributed by atoms with E-state index in [1.54, 1.807) is 11.9 Å². The normalized spacial score (nSPS) is 10.3. The number of rotatable bonds is 4. The van der Waals surface area contributed by atoms with Crippen LogP contribution >= 0.6 is 0 Å². The molecule has 0 aliphatic carbocycles. The third kappa shape index (κ3) is 3.36. The molecule has 0 heterocycles. The first-order chi connectivity index (χ1) is 9.60. The van der Waals surface area contributed by atoms with Crippen LogP contribution in [-0.4, -0.2) is 24.4 Å². The van der Waals surface area contributed by atoms with Gasteiger partial charge in [-0.25, -0.2) is 0 Å². The van der Waals surface area contributed by atoms with Crippen LogP contribution in [0.3, 0.4) is 0 Å². The topological polar surface area (TPSA) is 72.3 Å². The number of carbonyl (C=O) groups is 1. The molecule has 2 rings (SSSR count). The highest BCUT2D eigenvalue weighted by Gasteiger charge is 2.07. The molecule has 0 saturated carbocycles. The van der Waals surface area contributed by atoms with Crippen LogP contribution < -0.4 is 11.5 Å². The average molecular weight is 269 g/mol. The van der Waals surface area contributed by atoms with Crippen molar-refractivity contribution in [2.75, 3.05) is 19.3 Å². The number of nitrogen functional groups attached to an aromatic ring is 1. The minimum atomic E-state index is -0.0668. The largest absolute Gasteiger partial charge is 0.399 e. The summed E-state index contributed by atoms with van der Waals surface area (Å²) in [7, 11) is 1.76. The molecule has 1 amide bonds. The Bertz CT molecular complexity index is 593. The Morgan fingerprint density at radius 1 is 1.10 bits per heavy atom. The zero-order valence-electron chi connectivity index (χ0n) is 11.5. The Hall–Kier alpha value is -2.33. The monoisotopic (exact) mass is 269 g/mol. The number of hydrogen-bond donors (Lipinski definition) is 2. The van der Waals surface area contributed by atoms with Gasteiger partial charge < -0.3 is 16.4 Å². The fourth-order valence-corrected chi connectivity index (χ4v) is 2.04. The van der Waals surface area contributed by atoms with Gasteiger partial charge in [-0.3, -0.25) is 4.79 Å². The molecule has 0 saturated heterocycles. The number of amides is 1. The van der Waals surface area contributed by atoms with Crippen LogP contribution in [0.15, 0.2) is 48.5 Å². The van der Waals surface area contributed by atoms with Crippen LogP contribution in [0.5, 0.6) is 0 Å². The van der Waals surface area contributed by atoms with E-state index in [1.165, 1.54) is 0 Å². The number of anilines is 1. The van der Waals surface area contributed by atoms with Gasteiger partial charge in [0.25, 0.3) is 0 Å². The number of carbonyl (C=O) groups excluding carboxylic acids is 1. The summed E-state index contributed by atoms with van der Waals surface area (Å²) in [6.07, 6.45) is 0. The molecule has 2 aromatic carbocycles. The van der Waals surface area contributed by atoms with Crippen molar-refractivity contribution in [3.8, 4) is 11.1 Å². The van der Waals surface area contributed by atoms with E-state index in [2.05, 4.69) is 6.07 Å². The van der Waals surface area contributed by atoms with Crippen molar-refractivity contribution < 1.29 is 4.79 Å². The standard InChI is InChI=1S/C16H19N3O/c1-19(16(20)10-17)11-12-3-2-4-14(9-12)13-5-7-15(18)8-6-13/h2-9H,10-11,17-18H2,1H3. The predicted octanol–water partition coefficient (Wildman–Crippen LogP) is 1.85. The highest BCUT2D eigenvalue weighted by atomic mass is 16.2. The van der Waals surface area contributed by atoms with Gasteiger partial charge in [-0.2, -0.15) is 0 Å². The van der Waals surface area contributed by atoms with Crippen molar-refractivity contribution in [3.63, 3.8) is 0 Å². The number of likely N-dealkylation sites (N-methyl/N-ethyl adjacent to an activating group) is 1. The molecule has 0 atom stereocenters. The van der Waals surface area contributed by atoms with Crippen LogP contribution in [0.4, 0.5) is 5.69 Å². The molecule has 0 bridgehead atoms. The second-order valence-electron chi connectivity index (χ2n) is 4.78. The Morgan fingerprint density at radius 2 is 1.80 bits per heavy atom. The van der Waals surface area contributed by atoms with Crippen LogP contribution in [0, 0.1) is 0 Å². The minimum Gasteiger partial charge on any atom is -0.399 e. The van der Waals surface area contributed by atoms with Crippen molar-refractivity contribution in [2.24, 2.45) is 5.73 Å². The van der Waals surface area contributed by atoms with E-state index in [9.17, 15) is 4.79 Å². The summed E-state index contributed by atoms with van der Waals surface area (Å²) in [4.78, 5) is 13.1. The first-order valence-electron chi connectivity index (χ1n) is 6.49. The highest BCUT2D eigenvalue weighted by molar-refractivity contribution is 5.77. The van der Waals surface area contributed by atoms with E-state index in [0.717, 1.165) is 22.4 Å². The molecule has 0 aliphatic rings. The molecule has 0 aromatic heterocycles. The lowest BCUT2D eigenvalue weighted by atomic mass is 10.0. The number of nitrogens with two attached hydrogens (primary N) is 2. The van der Waals surface area contributed by atoms with Gasteiger partial charge in [0.2, 0.25) is 5.91 Å². The summed E-state index contributed by atoms with van der Waals surface area (Å²) >= 11 is 0. The summed E-state index contributed by atoms with van der Waals surface area (Å²) in [6, 6.07) is 15.8. The fourth-order valence-electron chi connectivity index (χ4n) is 2.04. The van der Waals surface area contributed by atoms with E-state index < -0.39 is 0 Å². The van der Waals surface area contributed by atoms with E-state index in [1.807, 2.05) is 42.5 Å². The summed E-state index contributed by atoms with van der Waals surface area (Å²) in [5, 5.41) is 0. The molecule has 4 heteroatoms. The summed E-state index contributed by atoms with van der Waals surface area (Å²) in [6.45, 7) is 0.590. The summed E-state index contributed by atoms with van der Waals surface area (Å²) in [5.74, 6) is -0.0668. The fraction of sp³-hybridized carbons (Fsp3) is 0.188. The predicted molar refractivity (Wildman–Crippen MR) is 81.8 cm³/mol. The van der Waals surface area contributed by atoms with Gasteiger partial charge in [-0.1, -0.05) is 30.3 Å². The quantitative estimate of drug-likeness (QED) is 0.832. The van der Waals surface area contributed by atoms with Crippen LogP contribution in [-0.2, 0) is 11.3 Å². The van der Waals surface area contributed by atoms with Gasteiger partial charge in [0.1, 0.15) is 0 Å². The molecule has 2 aromatic rings. The Kier molecular flexibility index (Phi) is 4.38. The lowest BCUT2D eigenvalue weighted by Crippen LogP contribution is -2.32. The van der Waals surface area contributed by atoms with Gasteiger partial charge in [-0.15, -0.1) is 0 Å². The third-order valence-electron chi connectivity index (χ3n) is 3.19. The van der Waals surface area contributed by atoms with Gasteiger partial charge in [0, 0.05) is 19.3 Å². The van der Waals surface area contributed by atoms with E-state index in [0.29, 0.717) is 6.54 Å². The van der Waals surface area contributed by atoms with Crippen molar-refractivity contribution in [2.45, 2.75) is 6.54 Å². The lowest BCUT2D eigenvalue weighted by molar-refractivity contribution is -0.128. The average Bonchev–Trinajstić information content (AvgIpc) is 2.47. The van der Waals surface area contributed by atoms with Crippen molar-refractivity contribution in [1.29, 1.82) is 0 Å². The van der Waals surface area contributed by atoms with Gasteiger partial charge in [0.15, 0.2) is 0 Å². The SMILES string of the molecule is CN(Cc1cccc(-c2ccc(N)cc2)c1)C(=O)CN. The first kappa shape index (κ1) is 14.1. The van der Waals surface area contributed by atoms with Crippen LogP contribution in [0.2, 0.25) is 0 Å². The molecule has 0 fully saturated rings. The molecular weight excluding hydrogens is 250 g/mol. The molecule has 104 valence electrons. The second-order valence-corrected chi connectivity index (χ2v) is 4.78. The maximum absolute atomic E-state index is 11.5. The maximum Gasteiger partial charge on any atom is 0.236 e. The van der Waals surface area contributed by atoms with E-state index in [4.69, 9.17) is 11.5 Å². The molecule has 20 heavy (non-hydrogen) atoms. The van der Waals surface area contributed by atoms with E-state index in [-0.39, 0.29) is 12.5 Å². The minimum absolute atomic E-state index is 0.0359. The summed E-state index contributed by atoms with van der Waals surface area (Å²) in [5.41, 5.74) is 15.1. The zero-order chi connectivity index (χ0) is 14.5. The molecular formula is C16H19N3O. The molecule has 0 unspecified atom stereocenters. The van der Waals surface area contributed by atoms with E-state index >= 15 is 0 Å². The molecule has 0 spiro atoms. The Morgan fingerprint density at radius 3 is 2.45 bits per heavy atom. The zero-order valence-corrected chi connectivity index (χ0v) is 11.5. The smallest absolute Gasteiger partial charge is 0.236 e. The van der Waals surface area contributed by atoms with Gasteiger partial charge in [-0.05, 0) is 34.9 Å². The van der Waals surface area contributed by atoms with Crippen LogP contribution in [0.1, 0.15) is 5.56 Å².